The zero-order chi connectivity index (χ0) is 14.0. The van der Waals surface area contributed by atoms with Crippen molar-refractivity contribution in [2.45, 2.75) is 20.4 Å². The van der Waals surface area contributed by atoms with Gasteiger partial charge in [-0.05, 0) is 43.7 Å². The summed E-state index contributed by atoms with van der Waals surface area (Å²) in [6.45, 7) is 4.27. The Labute approximate surface area is 110 Å². The van der Waals surface area contributed by atoms with Crippen molar-refractivity contribution in [2.75, 3.05) is 0 Å². The smallest absolute Gasteiger partial charge is 0.170 e. The van der Waals surface area contributed by atoms with E-state index in [4.69, 9.17) is 10.9 Å². The molecule has 0 aliphatic carbocycles. The summed E-state index contributed by atoms with van der Waals surface area (Å²) in [7, 11) is 0. The summed E-state index contributed by atoms with van der Waals surface area (Å²) >= 11 is 0. The maximum Gasteiger partial charge on any atom is 0.170 e. The Kier molecular flexibility index (Phi) is 3.50. The normalized spacial score (nSPS) is 11.8. The van der Waals surface area contributed by atoms with Gasteiger partial charge in [-0.15, -0.1) is 0 Å². The average molecular weight is 262 g/mol. The number of amidine groups is 1. The van der Waals surface area contributed by atoms with Crippen LogP contribution in [0.2, 0.25) is 0 Å². The summed E-state index contributed by atoms with van der Waals surface area (Å²) in [6, 6.07) is 6.25. The van der Waals surface area contributed by atoms with Crippen molar-refractivity contribution < 1.29 is 9.60 Å². The van der Waals surface area contributed by atoms with Crippen LogP contribution in [0, 0.1) is 19.7 Å². The fourth-order valence-corrected chi connectivity index (χ4v) is 1.96. The highest BCUT2D eigenvalue weighted by atomic mass is 19.1. The Morgan fingerprint density at radius 3 is 2.68 bits per heavy atom. The highest BCUT2D eigenvalue weighted by Crippen LogP contribution is 2.12. The molecular weight excluding hydrogens is 247 g/mol. The lowest BCUT2D eigenvalue weighted by atomic mass is 10.1. The van der Waals surface area contributed by atoms with E-state index in [-0.39, 0.29) is 5.84 Å². The lowest BCUT2D eigenvalue weighted by Gasteiger charge is -2.07. The van der Waals surface area contributed by atoms with E-state index in [0.717, 1.165) is 11.4 Å². The third kappa shape index (κ3) is 2.90. The first-order valence-electron chi connectivity index (χ1n) is 5.78. The monoisotopic (exact) mass is 262 g/mol. The molecule has 0 atom stereocenters. The predicted molar refractivity (Wildman–Crippen MR) is 69.7 cm³/mol. The number of hydrogen-bond acceptors (Lipinski definition) is 3. The van der Waals surface area contributed by atoms with Crippen LogP contribution in [-0.2, 0) is 6.54 Å². The number of hydrogen-bond donors (Lipinski definition) is 2. The Morgan fingerprint density at radius 1 is 1.37 bits per heavy atom. The summed E-state index contributed by atoms with van der Waals surface area (Å²) in [4.78, 5) is 0. The molecule has 0 aliphatic heterocycles. The van der Waals surface area contributed by atoms with Gasteiger partial charge in [0.05, 0.1) is 12.2 Å². The zero-order valence-corrected chi connectivity index (χ0v) is 10.8. The Balaban J connectivity index is 2.35. The van der Waals surface area contributed by atoms with Crippen LogP contribution in [0.25, 0.3) is 0 Å². The maximum absolute atomic E-state index is 13.5. The van der Waals surface area contributed by atoms with Gasteiger partial charge in [0.1, 0.15) is 5.82 Å². The molecule has 3 N–H and O–H groups in total. The van der Waals surface area contributed by atoms with Crippen LogP contribution in [-0.4, -0.2) is 20.8 Å². The lowest BCUT2D eigenvalue weighted by molar-refractivity contribution is 0.318. The van der Waals surface area contributed by atoms with Crippen LogP contribution < -0.4 is 5.73 Å². The molecule has 0 amide bonds. The molecule has 6 heteroatoms. The van der Waals surface area contributed by atoms with E-state index in [0.29, 0.717) is 17.7 Å². The van der Waals surface area contributed by atoms with E-state index in [1.807, 2.05) is 19.9 Å². The summed E-state index contributed by atoms with van der Waals surface area (Å²) in [5, 5.41) is 15.8. The third-order valence-electron chi connectivity index (χ3n) is 2.80. The highest BCUT2D eigenvalue weighted by molar-refractivity contribution is 5.97. The van der Waals surface area contributed by atoms with E-state index < -0.39 is 5.82 Å². The molecule has 0 saturated carbocycles. The number of nitrogens with two attached hydrogens (primary N) is 1. The van der Waals surface area contributed by atoms with Crippen molar-refractivity contribution in [3.8, 4) is 0 Å². The van der Waals surface area contributed by atoms with Crippen molar-refractivity contribution in [2.24, 2.45) is 10.9 Å². The van der Waals surface area contributed by atoms with E-state index in [2.05, 4.69) is 10.3 Å². The molecule has 100 valence electrons. The van der Waals surface area contributed by atoms with Crippen LogP contribution in [0.5, 0.6) is 0 Å². The molecule has 0 fully saturated rings. The molecular formula is C13H15FN4O. The number of oxime groups is 1. The lowest BCUT2D eigenvalue weighted by Crippen LogP contribution is -2.14. The molecule has 1 heterocycles. The van der Waals surface area contributed by atoms with Gasteiger partial charge in [-0.1, -0.05) is 5.16 Å². The third-order valence-corrected chi connectivity index (χ3v) is 2.80. The molecule has 2 aromatic rings. The summed E-state index contributed by atoms with van der Waals surface area (Å²) in [5.41, 5.74) is 8.42. The van der Waals surface area contributed by atoms with Crippen molar-refractivity contribution >= 4 is 5.84 Å². The quantitative estimate of drug-likeness (QED) is 0.383. The molecule has 2 rings (SSSR count). The molecule has 0 aliphatic rings. The van der Waals surface area contributed by atoms with E-state index >= 15 is 0 Å². The molecule has 0 radical (unpaired) electrons. The van der Waals surface area contributed by atoms with Gasteiger partial charge in [0.2, 0.25) is 0 Å². The topological polar surface area (TPSA) is 76.4 Å². The molecule has 5 nitrogen and oxygen atoms in total. The fourth-order valence-electron chi connectivity index (χ4n) is 1.96. The first kappa shape index (κ1) is 13.1. The summed E-state index contributed by atoms with van der Waals surface area (Å²) in [6.07, 6.45) is 0. The van der Waals surface area contributed by atoms with Crippen LogP contribution in [0.3, 0.4) is 0 Å². The van der Waals surface area contributed by atoms with Crippen LogP contribution in [0.4, 0.5) is 4.39 Å². The van der Waals surface area contributed by atoms with Crippen LogP contribution in [0.15, 0.2) is 29.4 Å². The van der Waals surface area contributed by atoms with Crippen LogP contribution in [0.1, 0.15) is 22.5 Å². The van der Waals surface area contributed by atoms with Crippen molar-refractivity contribution in [3.63, 3.8) is 0 Å². The Hall–Kier alpha value is -2.37. The van der Waals surface area contributed by atoms with Gasteiger partial charge >= 0.3 is 0 Å². The number of aryl methyl sites for hydroxylation is 2. The Bertz CT molecular complexity index is 634. The van der Waals surface area contributed by atoms with Gasteiger partial charge in [-0.3, -0.25) is 4.68 Å². The largest absolute Gasteiger partial charge is 0.409 e. The van der Waals surface area contributed by atoms with Crippen molar-refractivity contribution in [1.29, 1.82) is 0 Å². The second kappa shape index (κ2) is 5.09. The van der Waals surface area contributed by atoms with E-state index in [1.54, 1.807) is 10.7 Å². The number of nitrogens with zero attached hydrogens (tertiary/aromatic N) is 3. The van der Waals surface area contributed by atoms with Crippen LogP contribution >= 0.6 is 0 Å². The van der Waals surface area contributed by atoms with E-state index in [1.165, 1.54) is 12.1 Å². The SMILES string of the molecule is Cc1cc(C)n(Cc2cc(F)cc(/C(N)=N/O)c2)n1. The number of benzene rings is 1. The number of aromatic nitrogens is 2. The van der Waals surface area contributed by atoms with Gasteiger partial charge < -0.3 is 10.9 Å². The second-order valence-electron chi connectivity index (χ2n) is 4.42. The molecule has 0 bridgehead atoms. The summed E-state index contributed by atoms with van der Waals surface area (Å²) in [5.74, 6) is -0.547. The molecule has 1 aromatic carbocycles. The molecule has 1 aromatic heterocycles. The summed E-state index contributed by atoms with van der Waals surface area (Å²) < 4.78 is 15.3. The number of halogens is 1. The minimum Gasteiger partial charge on any atom is -0.409 e. The van der Waals surface area contributed by atoms with Crippen molar-refractivity contribution in [3.05, 3.63) is 52.6 Å². The maximum atomic E-state index is 13.5. The zero-order valence-electron chi connectivity index (χ0n) is 10.8. The van der Waals surface area contributed by atoms with Gasteiger partial charge in [-0.2, -0.15) is 5.10 Å². The fraction of sp³-hybridized carbons (Fsp3) is 0.231. The van der Waals surface area contributed by atoms with Gasteiger partial charge in [0.25, 0.3) is 0 Å². The van der Waals surface area contributed by atoms with Gasteiger partial charge in [-0.25, -0.2) is 4.39 Å². The minimum absolute atomic E-state index is 0.117. The first-order chi connectivity index (χ1) is 8.99. The molecule has 0 unspecified atom stereocenters. The van der Waals surface area contributed by atoms with Gasteiger partial charge in [0.15, 0.2) is 5.84 Å². The second-order valence-corrected chi connectivity index (χ2v) is 4.42. The minimum atomic E-state index is -0.430. The van der Waals surface area contributed by atoms with Gasteiger partial charge in [0, 0.05) is 11.3 Å². The highest BCUT2D eigenvalue weighted by Gasteiger charge is 2.07. The standard InChI is InChI=1S/C13H15FN4O/c1-8-3-9(2)18(16-8)7-10-4-11(13(15)17-19)6-12(14)5-10/h3-6,19H,7H2,1-2H3,(H2,15,17). The average Bonchev–Trinajstić information content (AvgIpc) is 2.66. The van der Waals surface area contributed by atoms with Crippen molar-refractivity contribution in [1.82, 2.24) is 9.78 Å². The Morgan fingerprint density at radius 2 is 2.11 bits per heavy atom. The van der Waals surface area contributed by atoms with E-state index in [9.17, 15) is 4.39 Å². The molecule has 19 heavy (non-hydrogen) atoms. The predicted octanol–water partition coefficient (Wildman–Crippen LogP) is 1.78. The first-order valence-corrected chi connectivity index (χ1v) is 5.78. The number of rotatable bonds is 3. The molecule has 0 saturated heterocycles. The molecule has 0 spiro atoms.